The lowest BCUT2D eigenvalue weighted by atomic mass is 10.2. The van der Waals surface area contributed by atoms with Gasteiger partial charge in [-0.15, -0.1) is 0 Å². The molecule has 2 aromatic rings. The van der Waals surface area contributed by atoms with Crippen molar-refractivity contribution in [3.63, 3.8) is 0 Å². The molecule has 0 radical (unpaired) electrons. The second-order valence-corrected chi connectivity index (χ2v) is 5.51. The first-order valence-corrected chi connectivity index (χ1v) is 7.37. The van der Waals surface area contributed by atoms with Gasteiger partial charge in [0.15, 0.2) is 0 Å². The van der Waals surface area contributed by atoms with Gasteiger partial charge in [0.2, 0.25) is 0 Å². The summed E-state index contributed by atoms with van der Waals surface area (Å²) < 4.78 is 0. The Morgan fingerprint density at radius 1 is 1.53 bits per heavy atom. The number of nitrogens with zero attached hydrogens (tertiary/aromatic N) is 1. The monoisotopic (exact) mass is 282 g/mol. The normalized spacial score (nSPS) is 12.9. The van der Waals surface area contributed by atoms with Gasteiger partial charge in [-0.1, -0.05) is 6.92 Å². The molecule has 0 aliphatic carbocycles. The molecule has 2 rings (SSSR count). The maximum atomic E-state index is 11.5. The number of nitrogens with one attached hydrogen (secondary N) is 3. The van der Waals surface area contributed by atoms with Gasteiger partial charge in [-0.2, -0.15) is 11.8 Å². The van der Waals surface area contributed by atoms with E-state index in [1.165, 1.54) is 6.33 Å². The molecule has 0 bridgehead atoms. The average Bonchev–Trinajstić information content (AvgIpc) is 2.84. The van der Waals surface area contributed by atoms with E-state index in [2.05, 4.69) is 27.2 Å². The second kappa shape index (κ2) is 6.74. The third-order valence-corrected chi connectivity index (χ3v) is 3.92. The van der Waals surface area contributed by atoms with Gasteiger partial charge in [0.25, 0.3) is 5.56 Å². The molecule has 104 valence electrons. The number of aliphatic hydroxyl groups excluding tert-OH is 1. The number of H-pyrrole nitrogens is 2. The highest BCUT2D eigenvalue weighted by molar-refractivity contribution is 7.99. The number of fused-ring (bicyclic) bond motifs is 1. The number of hydrogen-bond donors (Lipinski definition) is 4. The highest BCUT2D eigenvalue weighted by atomic mass is 32.2. The van der Waals surface area contributed by atoms with Crippen LogP contribution in [0.15, 0.2) is 17.3 Å². The molecule has 6 nitrogen and oxygen atoms in total. The Hall–Kier alpha value is -1.31. The summed E-state index contributed by atoms with van der Waals surface area (Å²) in [7, 11) is 0. The summed E-state index contributed by atoms with van der Waals surface area (Å²) in [5.74, 6) is 1.89. The number of aromatic amines is 2. The fourth-order valence-corrected chi connectivity index (χ4v) is 2.57. The molecule has 0 aromatic carbocycles. The minimum atomic E-state index is -0.170. The van der Waals surface area contributed by atoms with Gasteiger partial charge in [-0.3, -0.25) is 4.79 Å². The lowest BCUT2D eigenvalue weighted by Gasteiger charge is -2.14. The molecule has 0 aliphatic rings. The zero-order valence-corrected chi connectivity index (χ0v) is 11.6. The molecular formula is C12H18N4O2S. The van der Waals surface area contributed by atoms with E-state index in [4.69, 9.17) is 0 Å². The number of aliphatic hydroxyl groups is 1. The fourth-order valence-electron chi connectivity index (χ4n) is 1.83. The van der Waals surface area contributed by atoms with Gasteiger partial charge < -0.3 is 20.4 Å². The summed E-state index contributed by atoms with van der Waals surface area (Å²) in [6.45, 7) is 2.77. The van der Waals surface area contributed by atoms with Gasteiger partial charge in [-0.05, 0) is 5.75 Å². The Labute approximate surface area is 115 Å². The topological polar surface area (TPSA) is 93.8 Å². The molecule has 4 N–H and O–H groups in total. The van der Waals surface area contributed by atoms with Gasteiger partial charge in [0.1, 0.15) is 5.52 Å². The highest BCUT2D eigenvalue weighted by Crippen LogP contribution is 2.11. The van der Waals surface area contributed by atoms with Gasteiger partial charge >= 0.3 is 0 Å². The SMILES string of the molecule is CCSCC(CO)NCc1c[nH]c2c(=O)[nH]cnc12. The molecule has 0 saturated heterocycles. The average molecular weight is 282 g/mol. The van der Waals surface area contributed by atoms with Crippen LogP contribution in [0.3, 0.4) is 0 Å². The highest BCUT2D eigenvalue weighted by Gasteiger charge is 2.10. The first kappa shape index (κ1) is 14.1. The zero-order valence-electron chi connectivity index (χ0n) is 10.8. The van der Waals surface area contributed by atoms with Gasteiger partial charge in [0, 0.05) is 30.1 Å². The van der Waals surface area contributed by atoms with Crippen LogP contribution in [0, 0.1) is 0 Å². The van der Waals surface area contributed by atoms with E-state index < -0.39 is 0 Å². The summed E-state index contributed by atoms with van der Waals surface area (Å²) in [6.07, 6.45) is 3.18. The predicted molar refractivity (Wildman–Crippen MR) is 77.4 cm³/mol. The maximum Gasteiger partial charge on any atom is 0.275 e. The molecule has 2 heterocycles. The fraction of sp³-hybridized carbons (Fsp3) is 0.500. The quantitative estimate of drug-likeness (QED) is 0.592. The molecule has 0 amide bonds. The second-order valence-electron chi connectivity index (χ2n) is 4.19. The van der Waals surface area contributed by atoms with Gasteiger partial charge in [-0.25, -0.2) is 4.98 Å². The van der Waals surface area contributed by atoms with Crippen LogP contribution < -0.4 is 10.9 Å². The van der Waals surface area contributed by atoms with Crippen molar-refractivity contribution in [2.24, 2.45) is 0 Å². The van der Waals surface area contributed by atoms with E-state index in [1.54, 1.807) is 18.0 Å². The van der Waals surface area contributed by atoms with Crippen molar-refractivity contribution in [2.45, 2.75) is 19.5 Å². The molecule has 0 spiro atoms. The third-order valence-electron chi connectivity index (χ3n) is 2.87. The van der Waals surface area contributed by atoms with E-state index in [1.807, 2.05) is 0 Å². The first-order valence-electron chi connectivity index (χ1n) is 6.21. The molecule has 19 heavy (non-hydrogen) atoms. The maximum absolute atomic E-state index is 11.5. The van der Waals surface area contributed by atoms with Crippen LogP contribution >= 0.6 is 11.8 Å². The van der Waals surface area contributed by atoms with E-state index in [0.29, 0.717) is 17.6 Å². The molecule has 0 saturated carbocycles. The van der Waals surface area contributed by atoms with E-state index in [-0.39, 0.29) is 18.2 Å². The van der Waals surface area contributed by atoms with Crippen molar-refractivity contribution in [3.8, 4) is 0 Å². The smallest absolute Gasteiger partial charge is 0.275 e. The van der Waals surface area contributed by atoms with Crippen LogP contribution in [0.5, 0.6) is 0 Å². The van der Waals surface area contributed by atoms with Crippen molar-refractivity contribution in [1.82, 2.24) is 20.3 Å². The van der Waals surface area contributed by atoms with Crippen LogP contribution in [0.2, 0.25) is 0 Å². The molecule has 0 aliphatic heterocycles. The zero-order chi connectivity index (χ0) is 13.7. The number of aromatic nitrogens is 3. The predicted octanol–water partition coefficient (Wildman–Crippen LogP) is 0.455. The summed E-state index contributed by atoms with van der Waals surface area (Å²) in [5, 5.41) is 12.6. The largest absolute Gasteiger partial charge is 0.395 e. The first-order chi connectivity index (χ1) is 9.26. The van der Waals surface area contributed by atoms with Gasteiger partial charge in [0.05, 0.1) is 18.5 Å². The summed E-state index contributed by atoms with van der Waals surface area (Å²) in [4.78, 5) is 21.2. The Morgan fingerprint density at radius 3 is 3.11 bits per heavy atom. The summed E-state index contributed by atoms with van der Waals surface area (Å²) >= 11 is 1.78. The van der Waals surface area contributed by atoms with Crippen LogP contribution in [-0.4, -0.2) is 44.2 Å². The van der Waals surface area contributed by atoms with Crippen molar-refractivity contribution < 1.29 is 5.11 Å². The molecule has 2 aromatic heterocycles. The Balaban J connectivity index is 2.05. The van der Waals surface area contributed by atoms with Crippen LogP contribution in [0.4, 0.5) is 0 Å². The number of rotatable bonds is 7. The van der Waals surface area contributed by atoms with Crippen molar-refractivity contribution >= 4 is 22.8 Å². The standard InChI is InChI=1S/C12H18N4O2S/c1-2-19-6-9(5-17)13-3-8-4-14-11-10(8)15-7-16-12(11)18/h4,7,9,13-14,17H,2-3,5-6H2,1H3,(H,15,16,18). The third kappa shape index (κ3) is 3.37. The van der Waals surface area contributed by atoms with E-state index in [0.717, 1.165) is 17.1 Å². The molecule has 1 unspecified atom stereocenters. The van der Waals surface area contributed by atoms with E-state index >= 15 is 0 Å². The lowest BCUT2D eigenvalue weighted by molar-refractivity contribution is 0.253. The molecule has 7 heteroatoms. The minimum absolute atomic E-state index is 0.0527. The molecular weight excluding hydrogens is 264 g/mol. The van der Waals surface area contributed by atoms with Crippen molar-refractivity contribution in [1.29, 1.82) is 0 Å². The van der Waals surface area contributed by atoms with Crippen LogP contribution in [-0.2, 0) is 6.54 Å². The number of hydrogen-bond acceptors (Lipinski definition) is 5. The van der Waals surface area contributed by atoms with Crippen molar-refractivity contribution in [2.75, 3.05) is 18.1 Å². The van der Waals surface area contributed by atoms with Crippen LogP contribution in [0.1, 0.15) is 12.5 Å². The summed E-state index contributed by atoms with van der Waals surface area (Å²) in [5.41, 5.74) is 1.93. The van der Waals surface area contributed by atoms with E-state index in [9.17, 15) is 9.90 Å². The molecule has 0 fully saturated rings. The van der Waals surface area contributed by atoms with Crippen molar-refractivity contribution in [3.05, 3.63) is 28.4 Å². The lowest BCUT2D eigenvalue weighted by Crippen LogP contribution is -2.34. The Kier molecular flexibility index (Phi) is 5.00. The van der Waals surface area contributed by atoms with Crippen LogP contribution in [0.25, 0.3) is 11.0 Å². The Morgan fingerprint density at radius 2 is 2.37 bits per heavy atom. The number of thioether (sulfide) groups is 1. The summed E-state index contributed by atoms with van der Waals surface area (Å²) in [6, 6.07) is 0.0527. The minimum Gasteiger partial charge on any atom is -0.395 e. The molecule has 1 atom stereocenters. The Bertz CT molecular complexity index is 580.